The highest BCUT2D eigenvalue weighted by molar-refractivity contribution is 5.94. The topological polar surface area (TPSA) is 278 Å². The minimum absolute atomic E-state index is 0.0605. The molecule has 0 aromatic carbocycles. The quantitative estimate of drug-likeness (QED) is 0.0456. The Morgan fingerprint density at radius 3 is 1.97 bits per heavy atom. The van der Waals surface area contributed by atoms with Crippen LogP contribution in [-0.2, 0) is 24.0 Å². The molecule has 5 atom stereocenters. The summed E-state index contributed by atoms with van der Waals surface area (Å²) in [6.45, 7) is 4.09. The maximum Gasteiger partial charge on any atom is 0.326 e. The van der Waals surface area contributed by atoms with Crippen LogP contribution >= 0.6 is 0 Å². The number of nitrogens with zero attached hydrogens (tertiary/aromatic N) is 1. The SMILES string of the molecule is CCC(C)C(NC(=O)C(CCCCN)NC(=O)C(N)CCC(=O)O)C(=O)NC(CCCN=C(N)N)C(=O)O. The molecule has 0 aromatic rings. The first-order chi connectivity index (χ1) is 17.8. The maximum atomic E-state index is 13.2. The second kappa shape index (κ2) is 18.7. The molecule has 0 spiro atoms. The highest BCUT2D eigenvalue weighted by atomic mass is 16.4. The molecule has 0 aliphatic heterocycles. The van der Waals surface area contributed by atoms with Gasteiger partial charge in [0.25, 0.3) is 0 Å². The fourth-order valence-corrected chi connectivity index (χ4v) is 3.43. The Hall–Kier alpha value is -3.46. The summed E-state index contributed by atoms with van der Waals surface area (Å²) in [5.41, 5.74) is 21.8. The van der Waals surface area contributed by atoms with Crippen molar-refractivity contribution < 1.29 is 34.2 Å². The lowest BCUT2D eigenvalue weighted by Crippen LogP contribution is -2.58. The van der Waals surface area contributed by atoms with E-state index in [-0.39, 0.29) is 44.1 Å². The third kappa shape index (κ3) is 14.3. The number of nitrogens with one attached hydrogen (secondary N) is 3. The summed E-state index contributed by atoms with van der Waals surface area (Å²) in [6, 6.07) is -4.51. The molecule has 0 rings (SSSR count). The van der Waals surface area contributed by atoms with Crippen LogP contribution in [0.25, 0.3) is 0 Å². The molecule has 0 aromatic heterocycles. The lowest BCUT2D eigenvalue weighted by Gasteiger charge is -2.28. The first-order valence-electron chi connectivity index (χ1n) is 12.7. The van der Waals surface area contributed by atoms with E-state index in [0.29, 0.717) is 32.2 Å². The van der Waals surface area contributed by atoms with Crippen LogP contribution in [0.5, 0.6) is 0 Å². The smallest absolute Gasteiger partial charge is 0.326 e. The standard InChI is InChI=1S/C23H44N8O7/c1-3-13(2)18(21(36)30-16(22(37)38)8-6-12-28-23(26)27)31-20(35)15(7-4-5-11-24)29-19(34)14(25)9-10-17(32)33/h13-16,18H,3-12,24-25H2,1-2H3,(H,29,34)(H,30,36)(H,31,35)(H,32,33)(H,37,38)(H4,26,27,28). The predicted octanol–water partition coefficient (Wildman–Crippen LogP) is -2.05. The van der Waals surface area contributed by atoms with E-state index in [0.717, 1.165) is 0 Å². The van der Waals surface area contributed by atoms with E-state index in [1.165, 1.54) is 0 Å². The number of carboxylic acid groups (broad SMARTS) is 2. The zero-order chi connectivity index (χ0) is 29.3. The largest absolute Gasteiger partial charge is 0.481 e. The fourth-order valence-electron chi connectivity index (χ4n) is 3.43. The minimum Gasteiger partial charge on any atom is -0.481 e. The molecule has 0 radical (unpaired) electrons. The Balaban J connectivity index is 5.52. The van der Waals surface area contributed by atoms with Crippen molar-refractivity contribution in [2.24, 2.45) is 33.8 Å². The Labute approximate surface area is 222 Å². The molecule has 15 heteroatoms. The van der Waals surface area contributed by atoms with E-state index in [1.807, 2.05) is 6.92 Å². The van der Waals surface area contributed by atoms with Crippen molar-refractivity contribution in [1.82, 2.24) is 16.0 Å². The summed E-state index contributed by atoms with van der Waals surface area (Å²) in [7, 11) is 0. The van der Waals surface area contributed by atoms with Crippen LogP contribution in [0.1, 0.15) is 65.2 Å². The van der Waals surface area contributed by atoms with E-state index in [2.05, 4.69) is 20.9 Å². The minimum atomic E-state index is -1.25. The van der Waals surface area contributed by atoms with Crippen molar-refractivity contribution in [2.75, 3.05) is 13.1 Å². The summed E-state index contributed by atoms with van der Waals surface area (Å²) in [4.78, 5) is 65.0. The molecule has 5 unspecified atom stereocenters. The average Bonchev–Trinajstić information content (AvgIpc) is 2.85. The number of amides is 3. The summed E-state index contributed by atoms with van der Waals surface area (Å²) >= 11 is 0. The van der Waals surface area contributed by atoms with Gasteiger partial charge in [0.05, 0.1) is 6.04 Å². The van der Waals surface area contributed by atoms with Gasteiger partial charge in [-0.1, -0.05) is 20.3 Å². The van der Waals surface area contributed by atoms with Crippen LogP contribution in [0.3, 0.4) is 0 Å². The van der Waals surface area contributed by atoms with Crippen molar-refractivity contribution in [3.63, 3.8) is 0 Å². The van der Waals surface area contributed by atoms with Crippen molar-refractivity contribution in [3.05, 3.63) is 0 Å². The van der Waals surface area contributed by atoms with Crippen LogP contribution < -0.4 is 38.9 Å². The summed E-state index contributed by atoms with van der Waals surface area (Å²) in [6.07, 6.45) is 1.71. The van der Waals surface area contributed by atoms with Gasteiger partial charge in [0.1, 0.15) is 18.1 Å². The average molecular weight is 545 g/mol. The molecule has 0 fully saturated rings. The van der Waals surface area contributed by atoms with Crippen molar-refractivity contribution in [3.8, 4) is 0 Å². The highest BCUT2D eigenvalue weighted by Crippen LogP contribution is 2.11. The first-order valence-corrected chi connectivity index (χ1v) is 12.7. The molecule has 218 valence electrons. The molecule has 0 heterocycles. The van der Waals surface area contributed by atoms with Crippen molar-refractivity contribution in [2.45, 2.75) is 89.4 Å². The fraction of sp³-hybridized carbons (Fsp3) is 0.739. The molecule has 0 bridgehead atoms. The van der Waals surface area contributed by atoms with Gasteiger partial charge in [0.15, 0.2) is 5.96 Å². The Bertz CT molecular complexity index is 820. The second-order valence-corrected chi connectivity index (χ2v) is 9.10. The Morgan fingerprint density at radius 1 is 0.842 bits per heavy atom. The Morgan fingerprint density at radius 2 is 1.45 bits per heavy atom. The van der Waals surface area contributed by atoms with E-state index < -0.39 is 53.8 Å². The van der Waals surface area contributed by atoms with Gasteiger partial charge < -0.3 is 49.1 Å². The van der Waals surface area contributed by atoms with Crippen LogP contribution in [0.15, 0.2) is 4.99 Å². The van der Waals surface area contributed by atoms with Crippen LogP contribution in [0, 0.1) is 5.92 Å². The van der Waals surface area contributed by atoms with Gasteiger partial charge in [-0.05, 0) is 51.0 Å². The molecule has 0 saturated carbocycles. The lowest BCUT2D eigenvalue weighted by molar-refractivity contribution is -0.143. The number of aliphatic carboxylic acids is 2. The van der Waals surface area contributed by atoms with Gasteiger partial charge in [0, 0.05) is 13.0 Å². The molecular weight excluding hydrogens is 500 g/mol. The van der Waals surface area contributed by atoms with E-state index >= 15 is 0 Å². The monoisotopic (exact) mass is 544 g/mol. The molecule has 13 N–H and O–H groups in total. The molecule has 0 aliphatic rings. The van der Waals surface area contributed by atoms with Gasteiger partial charge in [-0.3, -0.25) is 24.2 Å². The van der Waals surface area contributed by atoms with E-state index in [9.17, 15) is 29.1 Å². The number of carbonyl (C=O) groups is 5. The van der Waals surface area contributed by atoms with Gasteiger partial charge >= 0.3 is 11.9 Å². The number of hydrogen-bond acceptors (Lipinski definition) is 8. The van der Waals surface area contributed by atoms with E-state index in [4.69, 9.17) is 28.0 Å². The molecular formula is C23H44N8O7. The number of guanidine groups is 1. The molecule has 0 aliphatic carbocycles. The second-order valence-electron chi connectivity index (χ2n) is 9.10. The first kappa shape index (κ1) is 34.5. The number of unbranched alkanes of at least 4 members (excludes halogenated alkanes) is 1. The Kier molecular flexibility index (Phi) is 17.0. The predicted molar refractivity (Wildman–Crippen MR) is 141 cm³/mol. The molecule has 38 heavy (non-hydrogen) atoms. The number of nitrogens with two attached hydrogens (primary N) is 4. The molecule has 15 nitrogen and oxygen atoms in total. The highest BCUT2D eigenvalue weighted by Gasteiger charge is 2.32. The number of hydrogen-bond donors (Lipinski definition) is 9. The normalized spacial score (nSPS) is 14.7. The van der Waals surface area contributed by atoms with E-state index in [1.54, 1.807) is 6.92 Å². The van der Waals surface area contributed by atoms with Gasteiger partial charge in [-0.15, -0.1) is 0 Å². The van der Waals surface area contributed by atoms with Crippen LogP contribution in [0.4, 0.5) is 0 Å². The summed E-state index contributed by atoms with van der Waals surface area (Å²) < 4.78 is 0. The number of carbonyl (C=O) groups excluding carboxylic acids is 3. The zero-order valence-corrected chi connectivity index (χ0v) is 22.2. The number of aliphatic imine (C=N–C) groups is 1. The van der Waals surface area contributed by atoms with Crippen LogP contribution in [-0.4, -0.2) is 83.1 Å². The molecule has 0 saturated heterocycles. The summed E-state index contributed by atoms with van der Waals surface area (Å²) in [5, 5.41) is 26.0. The third-order valence-corrected chi connectivity index (χ3v) is 5.94. The lowest BCUT2D eigenvalue weighted by atomic mass is 9.96. The summed E-state index contributed by atoms with van der Waals surface area (Å²) in [5.74, 6) is -4.89. The van der Waals surface area contributed by atoms with Crippen molar-refractivity contribution >= 4 is 35.6 Å². The number of rotatable bonds is 20. The number of carboxylic acids is 2. The van der Waals surface area contributed by atoms with Gasteiger partial charge in [-0.25, -0.2) is 4.79 Å². The van der Waals surface area contributed by atoms with Crippen molar-refractivity contribution in [1.29, 1.82) is 0 Å². The van der Waals surface area contributed by atoms with Gasteiger partial charge in [-0.2, -0.15) is 0 Å². The van der Waals surface area contributed by atoms with Crippen LogP contribution in [0.2, 0.25) is 0 Å². The van der Waals surface area contributed by atoms with Gasteiger partial charge in [0.2, 0.25) is 17.7 Å². The molecule has 3 amide bonds. The zero-order valence-electron chi connectivity index (χ0n) is 22.2. The third-order valence-electron chi connectivity index (χ3n) is 5.94. The maximum absolute atomic E-state index is 13.2.